The number of halogens is 2. The summed E-state index contributed by atoms with van der Waals surface area (Å²) in [4.78, 5) is 28.0. The molecule has 0 radical (unpaired) electrons. The molecule has 0 saturated carbocycles. The van der Waals surface area contributed by atoms with Crippen LogP contribution >= 0.6 is 27.5 Å². The van der Waals surface area contributed by atoms with E-state index >= 15 is 0 Å². The van der Waals surface area contributed by atoms with E-state index in [0.717, 1.165) is 16.8 Å². The highest BCUT2D eigenvalue weighted by atomic mass is 79.9. The Morgan fingerprint density at radius 1 is 1.00 bits per heavy atom. The third-order valence-electron chi connectivity index (χ3n) is 4.78. The molecule has 0 saturated heterocycles. The highest BCUT2D eigenvalue weighted by Gasteiger charge is 2.17. The number of benzene rings is 3. The van der Waals surface area contributed by atoms with E-state index in [-0.39, 0.29) is 5.70 Å². The van der Waals surface area contributed by atoms with Gasteiger partial charge in [-0.05, 0) is 76.5 Å². The molecule has 0 aliphatic carbocycles. The van der Waals surface area contributed by atoms with Gasteiger partial charge in [-0.1, -0.05) is 41.9 Å². The Morgan fingerprint density at radius 2 is 1.69 bits per heavy atom. The van der Waals surface area contributed by atoms with Gasteiger partial charge >= 0.3 is 0 Å². The number of amides is 2. The fourth-order valence-corrected chi connectivity index (χ4v) is 3.58. The Bertz CT molecular complexity index is 1170. The van der Waals surface area contributed by atoms with E-state index < -0.39 is 11.8 Å². The monoisotopic (exact) mass is 511 g/mol. The first kappa shape index (κ1) is 23.6. The van der Waals surface area contributed by atoms with Gasteiger partial charge in [0.2, 0.25) is 0 Å². The molecule has 3 aromatic carbocycles. The molecular weight excluding hydrogens is 490 g/mol. The van der Waals surface area contributed by atoms with Crippen molar-refractivity contribution in [3.05, 3.63) is 98.6 Å². The summed E-state index contributed by atoms with van der Waals surface area (Å²) in [5, 5.41) is 6.10. The third kappa shape index (κ3) is 5.99. The van der Waals surface area contributed by atoms with Crippen LogP contribution in [0.4, 0.5) is 11.4 Å². The molecule has 7 heteroatoms. The molecular formula is C25H23BrClN3O2. The maximum atomic E-state index is 13.2. The van der Waals surface area contributed by atoms with Crippen molar-refractivity contribution in [3.63, 3.8) is 0 Å². The van der Waals surface area contributed by atoms with Crippen LogP contribution in [0, 0.1) is 6.92 Å². The van der Waals surface area contributed by atoms with E-state index in [0.29, 0.717) is 20.7 Å². The summed E-state index contributed by atoms with van der Waals surface area (Å²) < 4.78 is 0.637. The van der Waals surface area contributed by atoms with Gasteiger partial charge < -0.3 is 15.5 Å². The first-order valence-corrected chi connectivity index (χ1v) is 11.0. The van der Waals surface area contributed by atoms with Crippen molar-refractivity contribution < 1.29 is 9.59 Å². The first-order chi connectivity index (χ1) is 15.2. The second-order valence-corrected chi connectivity index (χ2v) is 8.68. The topological polar surface area (TPSA) is 61.4 Å². The highest BCUT2D eigenvalue weighted by Crippen LogP contribution is 2.22. The molecule has 3 rings (SSSR count). The molecule has 0 bridgehead atoms. The van der Waals surface area contributed by atoms with E-state index in [1.807, 2.05) is 62.3 Å². The van der Waals surface area contributed by atoms with Crippen LogP contribution in [0.5, 0.6) is 0 Å². The van der Waals surface area contributed by atoms with Gasteiger partial charge in [-0.25, -0.2) is 0 Å². The molecule has 5 nitrogen and oxygen atoms in total. The van der Waals surface area contributed by atoms with E-state index in [1.165, 1.54) is 0 Å². The minimum absolute atomic E-state index is 0.114. The largest absolute Gasteiger partial charge is 0.378 e. The van der Waals surface area contributed by atoms with Gasteiger partial charge in [0, 0.05) is 35.0 Å². The van der Waals surface area contributed by atoms with Gasteiger partial charge in [0.15, 0.2) is 0 Å². The van der Waals surface area contributed by atoms with Crippen LogP contribution in [0.1, 0.15) is 21.5 Å². The first-order valence-electron chi connectivity index (χ1n) is 9.87. The smallest absolute Gasteiger partial charge is 0.272 e. The van der Waals surface area contributed by atoms with Crippen LogP contribution in [0.2, 0.25) is 5.02 Å². The Balaban J connectivity index is 1.94. The van der Waals surface area contributed by atoms with Crippen molar-refractivity contribution in [3.8, 4) is 0 Å². The average molecular weight is 513 g/mol. The van der Waals surface area contributed by atoms with Crippen molar-refractivity contribution in [1.82, 2.24) is 5.32 Å². The van der Waals surface area contributed by atoms with Crippen molar-refractivity contribution >= 4 is 56.8 Å². The molecule has 3 aromatic rings. The zero-order valence-corrected chi connectivity index (χ0v) is 20.3. The van der Waals surface area contributed by atoms with Crippen LogP contribution in [-0.4, -0.2) is 25.9 Å². The number of carbonyl (C=O) groups excluding carboxylic acids is 2. The summed E-state index contributed by atoms with van der Waals surface area (Å²) in [6, 6.07) is 19.9. The van der Waals surface area contributed by atoms with Crippen molar-refractivity contribution in [2.45, 2.75) is 6.92 Å². The van der Waals surface area contributed by atoms with Crippen LogP contribution in [-0.2, 0) is 4.79 Å². The van der Waals surface area contributed by atoms with E-state index in [9.17, 15) is 9.59 Å². The zero-order valence-electron chi connectivity index (χ0n) is 17.9. The van der Waals surface area contributed by atoms with Crippen LogP contribution < -0.4 is 15.5 Å². The fourth-order valence-electron chi connectivity index (χ4n) is 2.95. The van der Waals surface area contributed by atoms with Crippen LogP contribution in [0.3, 0.4) is 0 Å². The van der Waals surface area contributed by atoms with Gasteiger partial charge in [0.05, 0.1) is 5.56 Å². The molecule has 0 atom stereocenters. The summed E-state index contributed by atoms with van der Waals surface area (Å²) in [7, 11) is 3.91. The van der Waals surface area contributed by atoms with Gasteiger partial charge in [-0.15, -0.1) is 0 Å². The summed E-state index contributed by atoms with van der Waals surface area (Å²) >= 11 is 9.47. The number of anilines is 2. The minimum Gasteiger partial charge on any atom is -0.378 e. The van der Waals surface area contributed by atoms with Crippen molar-refractivity contribution in [2.75, 3.05) is 24.3 Å². The lowest BCUT2D eigenvalue weighted by Gasteiger charge is -2.14. The van der Waals surface area contributed by atoms with Crippen LogP contribution in [0.25, 0.3) is 6.08 Å². The standard InChI is InChI=1S/C25H23BrClN3O2/c1-16-8-11-18(27)15-22(16)28-25(32)23(14-17-9-12-19(13-10-17)30(2)3)29-24(31)20-6-4-5-7-21(20)26/h4-15H,1-3H3,(H,28,32)(H,29,31). The predicted octanol–water partition coefficient (Wildman–Crippen LogP) is 5.89. The van der Waals surface area contributed by atoms with Gasteiger partial charge in [-0.3, -0.25) is 9.59 Å². The fraction of sp³-hybridized carbons (Fsp3) is 0.120. The quantitative estimate of drug-likeness (QED) is 0.405. The SMILES string of the molecule is Cc1ccc(Cl)cc1NC(=O)C(=Cc1ccc(N(C)C)cc1)NC(=O)c1ccccc1Br. The van der Waals surface area contributed by atoms with Gasteiger partial charge in [0.25, 0.3) is 11.8 Å². The third-order valence-corrected chi connectivity index (χ3v) is 5.71. The number of nitrogens with one attached hydrogen (secondary N) is 2. The summed E-state index contributed by atoms with van der Waals surface area (Å²) in [5.74, 6) is -0.848. The number of aryl methyl sites for hydroxylation is 1. The van der Waals surface area contributed by atoms with E-state index in [4.69, 9.17) is 11.6 Å². The predicted molar refractivity (Wildman–Crippen MR) is 135 cm³/mol. The van der Waals surface area contributed by atoms with Gasteiger partial charge in [0.1, 0.15) is 5.70 Å². The molecule has 0 heterocycles. The van der Waals surface area contributed by atoms with Crippen LogP contribution in [0.15, 0.2) is 76.9 Å². The lowest BCUT2D eigenvalue weighted by molar-refractivity contribution is -0.113. The molecule has 2 N–H and O–H groups in total. The Morgan fingerprint density at radius 3 is 2.34 bits per heavy atom. The molecule has 32 heavy (non-hydrogen) atoms. The molecule has 2 amide bonds. The number of nitrogens with zero attached hydrogens (tertiary/aromatic N) is 1. The average Bonchev–Trinajstić information content (AvgIpc) is 2.76. The number of rotatable bonds is 6. The maximum Gasteiger partial charge on any atom is 0.272 e. The lowest BCUT2D eigenvalue weighted by Crippen LogP contribution is -2.31. The molecule has 0 fully saturated rings. The number of carbonyl (C=O) groups is 2. The second kappa shape index (κ2) is 10.5. The van der Waals surface area contributed by atoms with E-state index in [1.54, 1.807) is 36.4 Å². The molecule has 0 spiro atoms. The normalized spacial score (nSPS) is 11.1. The Labute approximate surface area is 201 Å². The molecule has 0 aliphatic heterocycles. The molecule has 164 valence electrons. The zero-order chi connectivity index (χ0) is 23.3. The second-order valence-electron chi connectivity index (χ2n) is 7.39. The van der Waals surface area contributed by atoms with Crippen molar-refractivity contribution in [1.29, 1.82) is 0 Å². The number of hydrogen-bond acceptors (Lipinski definition) is 3. The summed E-state index contributed by atoms with van der Waals surface area (Å²) in [5.41, 5.74) is 3.77. The Hall–Kier alpha value is -3.09. The minimum atomic E-state index is -0.451. The maximum absolute atomic E-state index is 13.2. The molecule has 0 unspecified atom stereocenters. The molecule has 0 aliphatic rings. The van der Waals surface area contributed by atoms with Gasteiger partial charge in [-0.2, -0.15) is 0 Å². The number of hydrogen-bond donors (Lipinski definition) is 2. The summed E-state index contributed by atoms with van der Waals surface area (Å²) in [6.45, 7) is 1.87. The Kier molecular flexibility index (Phi) is 7.72. The summed E-state index contributed by atoms with van der Waals surface area (Å²) in [6.07, 6.45) is 1.64. The lowest BCUT2D eigenvalue weighted by atomic mass is 10.1. The van der Waals surface area contributed by atoms with E-state index in [2.05, 4.69) is 26.6 Å². The highest BCUT2D eigenvalue weighted by molar-refractivity contribution is 9.10. The molecule has 0 aromatic heterocycles. The van der Waals surface area contributed by atoms with Crippen molar-refractivity contribution in [2.24, 2.45) is 0 Å².